The van der Waals surface area contributed by atoms with Crippen molar-refractivity contribution < 1.29 is 14.9 Å². The first-order valence-electron chi connectivity index (χ1n) is 6.24. The number of non-ortho nitro benzene ring substituents is 1. The quantitative estimate of drug-likeness (QED) is 0.395. The highest BCUT2D eigenvalue weighted by molar-refractivity contribution is 5.84. The van der Waals surface area contributed by atoms with Gasteiger partial charge in [-0.05, 0) is 18.6 Å². The topological polar surface area (TPSA) is 85.0 Å². The van der Waals surface area contributed by atoms with Crippen LogP contribution < -0.4 is 4.74 Å². The fraction of sp³-hybridized carbons (Fsp3) is 0.133. The van der Waals surface area contributed by atoms with E-state index in [4.69, 9.17) is 9.94 Å². The fourth-order valence-electron chi connectivity index (χ4n) is 1.79. The molecule has 0 bridgehead atoms. The highest BCUT2D eigenvalue weighted by Crippen LogP contribution is 2.23. The molecule has 6 heteroatoms. The van der Waals surface area contributed by atoms with Crippen LogP contribution >= 0.6 is 0 Å². The zero-order valence-electron chi connectivity index (χ0n) is 11.4. The number of nitro groups is 1. The van der Waals surface area contributed by atoms with Crippen LogP contribution in [0.25, 0.3) is 0 Å². The fourth-order valence-corrected chi connectivity index (χ4v) is 1.79. The highest BCUT2D eigenvalue weighted by atomic mass is 16.6. The average molecular weight is 286 g/mol. The number of hydrogen-bond acceptors (Lipinski definition) is 5. The number of aryl methyl sites for hydroxylation is 1. The van der Waals surface area contributed by atoms with E-state index in [0.717, 1.165) is 17.3 Å². The molecule has 0 heterocycles. The van der Waals surface area contributed by atoms with Crippen LogP contribution in [0.15, 0.2) is 47.6 Å². The summed E-state index contributed by atoms with van der Waals surface area (Å²) in [7, 11) is 0. The van der Waals surface area contributed by atoms with Crippen LogP contribution in [0.4, 0.5) is 5.69 Å². The summed E-state index contributed by atoms with van der Waals surface area (Å²) in [6.45, 7) is 2.32. The maximum atomic E-state index is 10.7. The Labute approximate surface area is 121 Å². The van der Waals surface area contributed by atoms with E-state index in [0.29, 0.717) is 17.9 Å². The van der Waals surface area contributed by atoms with E-state index in [1.807, 2.05) is 31.2 Å². The van der Waals surface area contributed by atoms with Gasteiger partial charge in [-0.15, -0.1) is 0 Å². The molecule has 108 valence electrons. The van der Waals surface area contributed by atoms with Crippen LogP contribution in [0.3, 0.4) is 0 Å². The lowest BCUT2D eigenvalue weighted by Crippen LogP contribution is -1.99. The van der Waals surface area contributed by atoms with Gasteiger partial charge in [-0.3, -0.25) is 10.1 Å². The standard InChI is InChI=1S/C15H14N2O4/c1-11-2-4-12(5-3-11)10-21-15-7-6-14(17(19)20)8-13(15)9-16-18/h2-9,18H,10H2,1H3/b16-9+. The van der Waals surface area contributed by atoms with Crippen LogP contribution in [0.5, 0.6) is 5.75 Å². The largest absolute Gasteiger partial charge is 0.488 e. The first kappa shape index (κ1) is 14.5. The summed E-state index contributed by atoms with van der Waals surface area (Å²) >= 11 is 0. The first-order valence-corrected chi connectivity index (χ1v) is 6.24. The maximum absolute atomic E-state index is 10.7. The van der Waals surface area contributed by atoms with Crippen molar-refractivity contribution in [2.45, 2.75) is 13.5 Å². The smallest absolute Gasteiger partial charge is 0.270 e. The van der Waals surface area contributed by atoms with Crippen molar-refractivity contribution in [3.63, 3.8) is 0 Å². The molecule has 0 saturated carbocycles. The SMILES string of the molecule is Cc1ccc(COc2ccc([N+](=O)[O-])cc2/C=N/O)cc1. The lowest BCUT2D eigenvalue weighted by Gasteiger charge is -2.09. The van der Waals surface area contributed by atoms with Gasteiger partial charge in [0, 0.05) is 17.7 Å². The summed E-state index contributed by atoms with van der Waals surface area (Å²) in [6.07, 6.45) is 1.11. The number of nitro benzene ring substituents is 1. The van der Waals surface area contributed by atoms with Crippen LogP contribution in [0.2, 0.25) is 0 Å². The van der Waals surface area contributed by atoms with E-state index in [9.17, 15) is 10.1 Å². The van der Waals surface area contributed by atoms with Gasteiger partial charge < -0.3 is 9.94 Å². The Bertz CT molecular complexity index is 666. The monoisotopic (exact) mass is 286 g/mol. The molecule has 21 heavy (non-hydrogen) atoms. The molecule has 0 aromatic heterocycles. The number of ether oxygens (including phenoxy) is 1. The Hall–Kier alpha value is -2.89. The van der Waals surface area contributed by atoms with Crippen LogP contribution in [0, 0.1) is 17.0 Å². The van der Waals surface area contributed by atoms with Gasteiger partial charge in [0.25, 0.3) is 5.69 Å². The molecule has 1 N–H and O–H groups in total. The maximum Gasteiger partial charge on any atom is 0.270 e. The molecule has 2 aromatic rings. The van der Waals surface area contributed by atoms with E-state index in [-0.39, 0.29) is 5.69 Å². The molecule has 0 amide bonds. The minimum Gasteiger partial charge on any atom is -0.488 e. The predicted octanol–water partition coefficient (Wildman–Crippen LogP) is 3.29. The molecule has 2 rings (SSSR count). The van der Waals surface area contributed by atoms with E-state index in [1.165, 1.54) is 18.2 Å². The molecular weight excluding hydrogens is 272 g/mol. The summed E-state index contributed by atoms with van der Waals surface area (Å²) in [5.41, 5.74) is 2.39. The van der Waals surface area contributed by atoms with Gasteiger partial charge in [0.2, 0.25) is 0 Å². The molecule has 0 radical (unpaired) electrons. The third-order valence-corrected chi connectivity index (χ3v) is 2.92. The minimum atomic E-state index is -0.515. The zero-order chi connectivity index (χ0) is 15.2. The summed E-state index contributed by atoms with van der Waals surface area (Å²) in [5.74, 6) is 0.416. The van der Waals surface area contributed by atoms with Crippen molar-refractivity contribution >= 4 is 11.9 Å². The van der Waals surface area contributed by atoms with E-state index >= 15 is 0 Å². The van der Waals surface area contributed by atoms with Crippen molar-refractivity contribution in [1.29, 1.82) is 0 Å². The van der Waals surface area contributed by atoms with Gasteiger partial charge in [0.15, 0.2) is 0 Å². The second kappa shape index (κ2) is 6.51. The van der Waals surface area contributed by atoms with E-state index in [2.05, 4.69) is 5.16 Å². The van der Waals surface area contributed by atoms with Gasteiger partial charge >= 0.3 is 0 Å². The second-order valence-electron chi connectivity index (χ2n) is 4.50. The molecule has 0 spiro atoms. The molecule has 0 unspecified atom stereocenters. The molecule has 6 nitrogen and oxygen atoms in total. The number of oxime groups is 1. The Morgan fingerprint density at radius 3 is 2.62 bits per heavy atom. The zero-order valence-corrected chi connectivity index (χ0v) is 11.4. The van der Waals surface area contributed by atoms with Crippen LogP contribution in [-0.2, 0) is 6.61 Å². The Balaban J connectivity index is 2.18. The molecule has 0 aliphatic carbocycles. The number of nitrogens with zero attached hydrogens (tertiary/aromatic N) is 2. The summed E-state index contributed by atoms with van der Waals surface area (Å²) in [4.78, 5) is 10.2. The molecule has 0 fully saturated rings. The molecule has 0 atom stereocenters. The normalized spacial score (nSPS) is 10.7. The predicted molar refractivity (Wildman–Crippen MR) is 78.0 cm³/mol. The Kier molecular flexibility index (Phi) is 4.50. The second-order valence-corrected chi connectivity index (χ2v) is 4.50. The minimum absolute atomic E-state index is 0.0902. The number of benzene rings is 2. The van der Waals surface area contributed by atoms with Crippen molar-refractivity contribution in [2.24, 2.45) is 5.16 Å². The van der Waals surface area contributed by atoms with Gasteiger partial charge in [0.05, 0.1) is 11.1 Å². The van der Waals surface area contributed by atoms with Crippen LogP contribution in [0.1, 0.15) is 16.7 Å². The van der Waals surface area contributed by atoms with Crippen molar-refractivity contribution in [2.75, 3.05) is 0 Å². The summed E-state index contributed by atoms with van der Waals surface area (Å²) < 4.78 is 5.63. The number of hydrogen-bond donors (Lipinski definition) is 1. The lowest BCUT2D eigenvalue weighted by molar-refractivity contribution is -0.384. The summed E-state index contributed by atoms with van der Waals surface area (Å²) in [5, 5.41) is 22.3. The van der Waals surface area contributed by atoms with Crippen LogP contribution in [-0.4, -0.2) is 16.3 Å². The Morgan fingerprint density at radius 1 is 1.29 bits per heavy atom. The third-order valence-electron chi connectivity index (χ3n) is 2.92. The third kappa shape index (κ3) is 3.79. The first-order chi connectivity index (χ1) is 10.1. The van der Waals surface area contributed by atoms with Gasteiger partial charge in [-0.25, -0.2) is 0 Å². The van der Waals surface area contributed by atoms with Crippen molar-refractivity contribution in [3.8, 4) is 5.75 Å². The van der Waals surface area contributed by atoms with Gasteiger partial charge in [-0.2, -0.15) is 0 Å². The van der Waals surface area contributed by atoms with Gasteiger partial charge in [0.1, 0.15) is 12.4 Å². The molecular formula is C15H14N2O4. The Morgan fingerprint density at radius 2 is 2.00 bits per heavy atom. The molecule has 0 aliphatic heterocycles. The number of rotatable bonds is 5. The molecule has 0 saturated heterocycles. The lowest BCUT2D eigenvalue weighted by atomic mass is 10.1. The average Bonchev–Trinajstić information content (AvgIpc) is 2.47. The van der Waals surface area contributed by atoms with E-state index in [1.54, 1.807) is 0 Å². The summed E-state index contributed by atoms with van der Waals surface area (Å²) in [6, 6.07) is 12.0. The van der Waals surface area contributed by atoms with Crippen molar-refractivity contribution in [1.82, 2.24) is 0 Å². The van der Waals surface area contributed by atoms with Gasteiger partial charge in [-0.1, -0.05) is 35.0 Å². The van der Waals surface area contributed by atoms with E-state index < -0.39 is 4.92 Å². The van der Waals surface area contributed by atoms with Crippen molar-refractivity contribution in [3.05, 3.63) is 69.3 Å². The molecule has 0 aliphatic rings. The molecule has 2 aromatic carbocycles. The highest BCUT2D eigenvalue weighted by Gasteiger charge is 2.11.